The van der Waals surface area contributed by atoms with Gasteiger partial charge in [-0.25, -0.2) is 4.79 Å². The Balaban J connectivity index is 6.61. The van der Waals surface area contributed by atoms with E-state index in [4.69, 9.17) is 18.9 Å². The molecule has 0 bridgehead atoms. The van der Waals surface area contributed by atoms with Crippen LogP contribution >= 0.6 is 0 Å². The molecule has 0 aliphatic heterocycles. The highest BCUT2D eigenvalue weighted by Gasteiger charge is 2.46. The molecule has 0 amide bonds. The van der Waals surface area contributed by atoms with Crippen molar-refractivity contribution < 1.29 is 85.9 Å². The first kappa shape index (κ1) is 62.6. The zero-order valence-corrected chi connectivity index (χ0v) is 42.8. The van der Waals surface area contributed by atoms with Crippen molar-refractivity contribution in [3.63, 3.8) is 0 Å². The average molecular weight is 1010 g/mol. The number of unbranched alkanes of at least 4 members (excludes halogenated alkanes) is 4. The highest BCUT2D eigenvalue weighted by Crippen LogP contribution is 2.23. The number of ether oxygens (including phenoxy) is 4. The van der Waals surface area contributed by atoms with Crippen LogP contribution < -0.4 is 0 Å². The second kappa shape index (κ2) is 33.2. The van der Waals surface area contributed by atoms with Gasteiger partial charge in [-0.15, -0.1) is 0 Å². The van der Waals surface area contributed by atoms with Crippen LogP contribution in [0.2, 0.25) is 0 Å². The van der Waals surface area contributed by atoms with Crippen LogP contribution in [-0.2, 0) is 86.4 Å². The summed E-state index contributed by atoms with van der Waals surface area (Å²) in [6.07, 6.45) is 7.12. The molecule has 0 aliphatic rings. The predicted molar refractivity (Wildman–Crippen MR) is 244 cm³/mol. The molecular formula is C44H78O19S3. The maximum Gasteiger partial charge on any atom is 0.343 e. The lowest BCUT2D eigenvalue weighted by Crippen LogP contribution is -2.42. The van der Waals surface area contributed by atoms with Crippen LogP contribution in [0, 0.1) is 23.7 Å². The van der Waals surface area contributed by atoms with Crippen molar-refractivity contribution in [3.05, 3.63) is 0 Å². The molecule has 0 heterocycles. The quantitative estimate of drug-likeness (QED) is 0.0284. The van der Waals surface area contributed by atoms with E-state index in [2.05, 4.69) is 8.37 Å². The molecule has 0 aliphatic carbocycles. The lowest BCUT2D eigenvalue weighted by atomic mass is 10.0. The van der Waals surface area contributed by atoms with Gasteiger partial charge < -0.3 is 27.3 Å². The second-order valence-electron chi connectivity index (χ2n) is 16.7. The molecule has 0 aromatic carbocycles. The Labute approximate surface area is 393 Å². The van der Waals surface area contributed by atoms with Crippen molar-refractivity contribution >= 4 is 66.2 Å². The molecule has 66 heavy (non-hydrogen) atoms. The Kier molecular flexibility index (Phi) is 31.5. The third kappa shape index (κ3) is 25.1. The van der Waals surface area contributed by atoms with E-state index < -0.39 is 101 Å². The summed E-state index contributed by atoms with van der Waals surface area (Å²) < 4.78 is 119. The fraction of sp³-hybridized carbons (Fsp3) is 0.864. The van der Waals surface area contributed by atoms with Crippen molar-refractivity contribution in [2.24, 2.45) is 23.7 Å². The maximum absolute atomic E-state index is 13.6. The summed E-state index contributed by atoms with van der Waals surface area (Å²) in [5.41, 5.74) is 0. The van der Waals surface area contributed by atoms with Crippen LogP contribution in [0.4, 0.5) is 0 Å². The van der Waals surface area contributed by atoms with E-state index in [-0.39, 0.29) is 50.1 Å². The number of carbonyl (C=O) groups excluding carboxylic acids is 6. The summed E-state index contributed by atoms with van der Waals surface area (Å²) in [6.45, 7) is 14.4. The third-order valence-corrected chi connectivity index (χ3v) is 15.4. The Morgan fingerprint density at radius 1 is 0.394 bits per heavy atom. The van der Waals surface area contributed by atoms with Gasteiger partial charge in [-0.1, -0.05) is 132 Å². The molecule has 0 radical (unpaired) electrons. The van der Waals surface area contributed by atoms with Crippen LogP contribution in [0.1, 0.15) is 177 Å². The molecule has 0 aromatic rings. The van der Waals surface area contributed by atoms with Crippen molar-refractivity contribution in [3.8, 4) is 0 Å². The molecule has 0 fully saturated rings. The smallest absolute Gasteiger partial charge is 0.343 e. The van der Waals surface area contributed by atoms with Crippen LogP contribution in [0.3, 0.4) is 0 Å². The Morgan fingerprint density at radius 3 is 0.970 bits per heavy atom. The van der Waals surface area contributed by atoms with Gasteiger partial charge in [0, 0.05) is 0 Å². The number of hydrogen-bond acceptors (Lipinski definition) is 18. The Bertz CT molecular complexity index is 1810. The minimum Gasteiger partial charge on any atom is -0.465 e. The van der Waals surface area contributed by atoms with Gasteiger partial charge in [-0.2, -0.15) is 25.3 Å². The normalized spacial score (nSPS) is 15.2. The number of hydrogen-bond donors (Lipinski definition) is 1. The number of rotatable bonds is 38. The van der Waals surface area contributed by atoms with Gasteiger partial charge in [-0.05, 0) is 49.4 Å². The fourth-order valence-corrected chi connectivity index (χ4v) is 9.43. The summed E-state index contributed by atoms with van der Waals surface area (Å²) in [4.78, 5) is 78.9. The summed E-state index contributed by atoms with van der Waals surface area (Å²) in [5.74, 6) is -10.5. The number of esters is 4. The van der Waals surface area contributed by atoms with Gasteiger partial charge in [0.25, 0.3) is 10.1 Å². The van der Waals surface area contributed by atoms with E-state index in [0.717, 1.165) is 51.4 Å². The molecule has 7 atom stereocenters. The highest BCUT2D eigenvalue weighted by atomic mass is 32.2. The first-order valence-corrected chi connectivity index (χ1v) is 28.0. The van der Waals surface area contributed by atoms with E-state index in [1.807, 2.05) is 55.4 Å². The molecular weight excluding hydrogens is 929 g/mol. The van der Waals surface area contributed by atoms with Crippen molar-refractivity contribution in [1.82, 2.24) is 0 Å². The van der Waals surface area contributed by atoms with Crippen LogP contribution in [0.25, 0.3) is 0 Å². The van der Waals surface area contributed by atoms with Gasteiger partial charge in [-0.3, -0.25) is 28.5 Å². The maximum atomic E-state index is 13.6. The monoisotopic (exact) mass is 1010 g/mol. The van der Waals surface area contributed by atoms with E-state index in [0.29, 0.717) is 51.4 Å². The highest BCUT2D eigenvalue weighted by molar-refractivity contribution is 7.89. The molecule has 22 heteroatoms. The topological polar surface area (TPSA) is 280 Å². The Hall–Kier alpha value is -3.37. The van der Waals surface area contributed by atoms with E-state index in [9.17, 15) is 58.6 Å². The van der Waals surface area contributed by atoms with E-state index >= 15 is 0 Å². The van der Waals surface area contributed by atoms with E-state index in [1.165, 1.54) is 0 Å². The lowest BCUT2D eigenvalue weighted by molar-refractivity contribution is -0.152. The Morgan fingerprint density at radius 2 is 0.682 bits per heavy atom. The first-order chi connectivity index (χ1) is 31.0. The van der Waals surface area contributed by atoms with Gasteiger partial charge in [0.15, 0.2) is 5.25 Å². The predicted octanol–water partition coefficient (Wildman–Crippen LogP) is 6.93. The van der Waals surface area contributed by atoms with E-state index in [1.54, 1.807) is 0 Å². The minimum absolute atomic E-state index is 0.0777. The largest absolute Gasteiger partial charge is 0.465 e. The summed E-state index contributed by atoms with van der Waals surface area (Å²) in [6, 6.07) is 0. The lowest BCUT2D eigenvalue weighted by Gasteiger charge is -2.21. The fourth-order valence-electron chi connectivity index (χ4n) is 6.54. The van der Waals surface area contributed by atoms with Crippen molar-refractivity contribution in [1.29, 1.82) is 0 Å². The SMILES string of the molecule is CCCCC(CC)COC(=O)CC(C(=O)OCC(CC)CCCC)S(=O)(=O)OC(=O)CC(C(=O)OS(=O)(=O)C(CC(=O)OCC(CC)CCCC)C(=O)OCC(CC)CCCC)S(=O)(=O)O. The minimum atomic E-state index is -5.84. The molecule has 0 saturated carbocycles. The van der Waals surface area contributed by atoms with Crippen LogP contribution in [-0.4, -0.2) is 108 Å². The van der Waals surface area contributed by atoms with Crippen molar-refractivity contribution in [2.45, 2.75) is 193 Å². The summed E-state index contributed by atoms with van der Waals surface area (Å²) in [5, 5.41) is -8.30. The molecule has 0 rings (SSSR count). The first-order valence-electron chi connectivity index (χ1n) is 23.5. The van der Waals surface area contributed by atoms with Gasteiger partial charge in [0.1, 0.15) is 0 Å². The van der Waals surface area contributed by atoms with Gasteiger partial charge in [0.2, 0.25) is 10.5 Å². The average Bonchev–Trinajstić information content (AvgIpc) is 3.25. The zero-order valence-electron chi connectivity index (χ0n) is 40.3. The van der Waals surface area contributed by atoms with Crippen LogP contribution in [0.5, 0.6) is 0 Å². The van der Waals surface area contributed by atoms with Crippen molar-refractivity contribution in [2.75, 3.05) is 26.4 Å². The molecule has 0 aromatic heterocycles. The molecule has 7 unspecified atom stereocenters. The summed E-state index contributed by atoms with van der Waals surface area (Å²) >= 11 is 0. The molecule has 0 saturated heterocycles. The van der Waals surface area contributed by atoms with Gasteiger partial charge >= 0.3 is 56.1 Å². The second-order valence-corrected chi connectivity index (χ2v) is 21.8. The molecule has 19 nitrogen and oxygen atoms in total. The summed E-state index contributed by atoms with van der Waals surface area (Å²) in [7, 11) is -17.1. The third-order valence-electron chi connectivity index (χ3n) is 11.4. The molecule has 1 N–H and O–H groups in total. The molecule has 0 spiro atoms. The van der Waals surface area contributed by atoms with Gasteiger partial charge in [0.05, 0.1) is 45.7 Å². The standard InChI is InChI=1S/C44H78O19S3/c1-9-17-21-32(13-5)28-58-39(45)26-37(42(48)60-30-34(15-7)23-19-11-3)65(54,55)62-41(47)25-36(64(51,52)53)44(50)63-66(56,57)38(43(49)61-31-35(16-8)24-20-12-4)27-40(46)59-29-33(14-6)22-18-10-2/h32-38H,9-31H2,1-8H3,(H,51,52,53). The van der Waals surface area contributed by atoms with Crippen LogP contribution in [0.15, 0.2) is 0 Å². The molecule has 386 valence electrons. The number of carbonyl (C=O) groups is 6. The zero-order chi connectivity index (χ0) is 50.5.